The van der Waals surface area contributed by atoms with Crippen LogP contribution in [0.4, 0.5) is 4.39 Å². The average molecular weight is 515 g/mol. The molecule has 9 nitrogen and oxygen atoms in total. The van der Waals surface area contributed by atoms with Gasteiger partial charge in [0, 0.05) is 12.8 Å². The standard InChI is InChI=1S/C26H43FN2O7/c1-2-3-4-5-6-7-8-9-10-11-12-13-14-15-24(32)35-19-29-25(33)20(27)17-28(26(29)34)23-16-21(31)22(18-30)36-23/h17,21-23,30-31H,2-16,18-19H2,1H3/t21-,22+,23+/m0/s1. The van der Waals surface area contributed by atoms with Crippen molar-refractivity contribution in [3.63, 3.8) is 0 Å². The number of hydrogen-bond acceptors (Lipinski definition) is 7. The third-order valence-electron chi connectivity index (χ3n) is 6.69. The summed E-state index contributed by atoms with van der Waals surface area (Å²) >= 11 is 0. The second-order valence-electron chi connectivity index (χ2n) is 9.65. The Hall–Kier alpha value is -2.04. The molecule has 1 aliphatic heterocycles. The summed E-state index contributed by atoms with van der Waals surface area (Å²) in [4.78, 5) is 36.8. The number of aliphatic hydroxyl groups is 2. The molecule has 0 unspecified atom stereocenters. The van der Waals surface area contributed by atoms with Crippen LogP contribution in [-0.2, 0) is 21.0 Å². The summed E-state index contributed by atoms with van der Waals surface area (Å²) in [5.41, 5.74) is -2.13. The molecule has 1 saturated heterocycles. The molecule has 0 spiro atoms. The number of ether oxygens (including phenoxy) is 2. The van der Waals surface area contributed by atoms with E-state index in [4.69, 9.17) is 9.47 Å². The highest BCUT2D eigenvalue weighted by atomic mass is 19.1. The van der Waals surface area contributed by atoms with Crippen molar-refractivity contribution in [2.45, 2.75) is 128 Å². The van der Waals surface area contributed by atoms with Crippen LogP contribution in [0.5, 0.6) is 0 Å². The lowest BCUT2D eigenvalue weighted by Gasteiger charge is -2.16. The third-order valence-corrected chi connectivity index (χ3v) is 6.69. The predicted molar refractivity (Wildman–Crippen MR) is 133 cm³/mol. The summed E-state index contributed by atoms with van der Waals surface area (Å²) in [5.74, 6) is -1.78. The van der Waals surface area contributed by atoms with Crippen LogP contribution in [0, 0.1) is 5.82 Å². The lowest BCUT2D eigenvalue weighted by atomic mass is 10.0. The van der Waals surface area contributed by atoms with E-state index in [9.17, 15) is 29.0 Å². The summed E-state index contributed by atoms with van der Waals surface area (Å²) in [6.45, 7) is 1.06. The normalized spacial score (nSPS) is 19.6. The minimum absolute atomic E-state index is 0.0540. The number of carbonyl (C=O) groups is 1. The van der Waals surface area contributed by atoms with Crippen LogP contribution in [0.1, 0.15) is 109 Å². The maximum atomic E-state index is 14.2. The summed E-state index contributed by atoms with van der Waals surface area (Å²) in [6.07, 6.45) is 13.2. The molecule has 1 aromatic heterocycles. The van der Waals surface area contributed by atoms with E-state index < -0.39 is 54.8 Å². The molecule has 3 atom stereocenters. The van der Waals surface area contributed by atoms with Crippen LogP contribution < -0.4 is 11.2 Å². The van der Waals surface area contributed by atoms with Crippen molar-refractivity contribution < 1.29 is 28.9 Å². The number of esters is 1. The molecule has 1 aliphatic rings. The Morgan fingerprint density at radius 2 is 1.58 bits per heavy atom. The van der Waals surface area contributed by atoms with E-state index in [0.29, 0.717) is 17.2 Å². The second-order valence-corrected chi connectivity index (χ2v) is 9.65. The Labute approximate surface area is 212 Å². The fourth-order valence-electron chi connectivity index (χ4n) is 4.45. The van der Waals surface area contributed by atoms with E-state index in [2.05, 4.69) is 6.92 Å². The highest BCUT2D eigenvalue weighted by Crippen LogP contribution is 2.27. The molecular formula is C26H43FN2O7. The zero-order chi connectivity index (χ0) is 26.3. The number of aliphatic hydroxyl groups excluding tert-OH is 2. The van der Waals surface area contributed by atoms with Gasteiger partial charge in [0.2, 0.25) is 5.82 Å². The zero-order valence-corrected chi connectivity index (χ0v) is 21.5. The Bertz CT molecular complexity index is 901. The molecule has 2 heterocycles. The predicted octanol–water partition coefficient (Wildman–Crippen LogP) is 3.77. The van der Waals surface area contributed by atoms with Crippen molar-refractivity contribution in [1.82, 2.24) is 9.13 Å². The summed E-state index contributed by atoms with van der Waals surface area (Å²) in [7, 11) is 0. The first-order valence-electron chi connectivity index (χ1n) is 13.5. The van der Waals surface area contributed by atoms with Gasteiger partial charge in [0.25, 0.3) is 5.56 Å². The van der Waals surface area contributed by atoms with Crippen LogP contribution in [0.3, 0.4) is 0 Å². The molecule has 2 rings (SSSR count). The van der Waals surface area contributed by atoms with Crippen LogP contribution in [-0.4, -0.2) is 44.1 Å². The van der Waals surface area contributed by atoms with Gasteiger partial charge in [-0.3, -0.25) is 14.2 Å². The van der Waals surface area contributed by atoms with Gasteiger partial charge in [-0.2, -0.15) is 4.39 Å². The van der Waals surface area contributed by atoms with Gasteiger partial charge in [-0.05, 0) is 6.42 Å². The smallest absolute Gasteiger partial charge is 0.336 e. The highest BCUT2D eigenvalue weighted by molar-refractivity contribution is 5.69. The Kier molecular flexibility index (Phi) is 14.0. The van der Waals surface area contributed by atoms with Gasteiger partial charge in [0.15, 0.2) is 6.73 Å². The molecule has 206 valence electrons. The van der Waals surface area contributed by atoms with Crippen molar-refractivity contribution in [2.75, 3.05) is 6.61 Å². The van der Waals surface area contributed by atoms with Crippen molar-refractivity contribution in [3.05, 3.63) is 32.9 Å². The summed E-state index contributed by atoms with van der Waals surface area (Å²) < 4.78 is 25.9. The first kappa shape index (κ1) is 30.2. The molecule has 0 saturated carbocycles. The van der Waals surface area contributed by atoms with E-state index in [0.717, 1.165) is 23.8 Å². The maximum Gasteiger partial charge on any atom is 0.336 e. The van der Waals surface area contributed by atoms with Gasteiger partial charge in [-0.25, -0.2) is 9.36 Å². The van der Waals surface area contributed by atoms with Crippen LogP contribution in [0.25, 0.3) is 0 Å². The lowest BCUT2D eigenvalue weighted by molar-refractivity contribution is -0.148. The van der Waals surface area contributed by atoms with Crippen molar-refractivity contribution in [2.24, 2.45) is 0 Å². The minimum atomic E-state index is -1.22. The van der Waals surface area contributed by atoms with Crippen LogP contribution in [0.2, 0.25) is 0 Å². The Morgan fingerprint density at radius 3 is 2.11 bits per heavy atom. The van der Waals surface area contributed by atoms with Crippen LogP contribution in [0.15, 0.2) is 15.8 Å². The molecule has 0 bridgehead atoms. The molecule has 2 N–H and O–H groups in total. The SMILES string of the molecule is CCCCCCCCCCCCCCCC(=O)OCn1c(=O)c(F)cn([C@H]2C[C@H](O)[C@@H](CO)O2)c1=O. The second kappa shape index (κ2) is 16.7. The van der Waals surface area contributed by atoms with Gasteiger partial charge in [-0.1, -0.05) is 84.0 Å². The topological polar surface area (TPSA) is 120 Å². The van der Waals surface area contributed by atoms with Gasteiger partial charge < -0.3 is 19.7 Å². The van der Waals surface area contributed by atoms with E-state index in [-0.39, 0.29) is 12.8 Å². The van der Waals surface area contributed by atoms with Gasteiger partial charge in [0.1, 0.15) is 12.3 Å². The number of aromatic nitrogens is 2. The fraction of sp³-hybridized carbons (Fsp3) is 0.808. The number of rotatable bonds is 18. The molecule has 1 fully saturated rings. The minimum Gasteiger partial charge on any atom is -0.444 e. The third kappa shape index (κ3) is 9.78. The number of unbranched alkanes of at least 4 members (excludes halogenated alkanes) is 12. The molecule has 0 radical (unpaired) electrons. The number of hydrogen-bond donors (Lipinski definition) is 2. The molecular weight excluding hydrogens is 471 g/mol. The first-order chi connectivity index (χ1) is 17.4. The molecule has 36 heavy (non-hydrogen) atoms. The summed E-state index contributed by atoms with van der Waals surface area (Å²) in [5, 5.41) is 19.1. The molecule has 0 aliphatic carbocycles. The maximum absolute atomic E-state index is 14.2. The van der Waals surface area contributed by atoms with Crippen molar-refractivity contribution >= 4 is 5.97 Å². The first-order valence-corrected chi connectivity index (χ1v) is 13.5. The van der Waals surface area contributed by atoms with E-state index in [1.807, 2.05) is 0 Å². The molecule has 0 aromatic carbocycles. The monoisotopic (exact) mass is 514 g/mol. The average Bonchev–Trinajstić information content (AvgIpc) is 3.24. The lowest BCUT2D eigenvalue weighted by Crippen LogP contribution is -2.43. The van der Waals surface area contributed by atoms with E-state index in [1.165, 1.54) is 57.8 Å². The number of carbonyl (C=O) groups excluding carboxylic acids is 1. The summed E-state index contributed by atoms with van der Waals surface area (Å²) in [6, 6.07) is 0. The molecule has 0 amide bonds. The van der Waals surface area contributed by atoms with Gasteiger partial charge in [0.05, 0.1) is 18.9 Å². The molecule has 10 heteroatoms. The van der Waals surface area contributed by atoms with Crippen molar-refractivity contribution in [3.8, 4) is 0 Å². The quantitative estimate of drug-likeness (QED) is 0.226. The van der Waals surface area contributed by atoms with E-state index >= 15 is 0 Å². The fourth-order valence-corrected chi connectivity index (χ4v) is 4.45. The Balaban J connectivity index is 1.66. The largest absolute Gasteiger partial charge is 0.444 e. The zero-order valence-electron chi connectivity index (χ0n) is 21.5. The van der Waals surface area contributed by atoms with Gasteiger partial charge in [-0.15, -0.1) is 0 Å². The van der Waals surface area contributed by atoms with E-state index in [1.54, 1.807) is 0 Å². The van der Waals surface area contributed by atoms with Crippen LogP contribution >= 0.6 is 0 Å². The number of halogens is 1. The Morgan fingerprint density at radius 1 is 1.03 bits per heavy atom. The number of nitrogens with zero attached hydrogens (tertiary/aromatic N) is 2. The molecule has 1 aromatic rings. The highest BCUT2D eigenvalue weighted by Gasteiger charge is 2.35. The van der Waals surface area contributed by atoms with Gasteiger partial charge >= 0.3 is 11.7 Å². The van der Waals surface area contributed by atoms with Crippen molar-refractivity contribution in [1.29, 1.82) is 0 Å².